The van der Waals surface area contributed by atoms with Gasteiger partial charge in [0, 0.05) is 25.2 Å². The number of aromatic nitrogens is 1. The molecule has 5 nitrogen and oxygen atoms in total. The normalized spacial score (nSPS) is 16.7. The minimum absolute atomic E-state index is 0.00868. The maximum Gasteiger partial charge on any atom is 0.227 e. The summed E-state index contributed by atoms with van der Waals surface area (Å²) in [6.07, 6.45) is 10.3. The number of carbonyl (C=O) groups excluding carboxylic acids is 2. The first kappa shape index (κ1) is 21.8. The number of carbonyl (C=O) groups is 2. The summed E-state index contributed by atoms with van der Waals surface area (Å²) in [5, 5.41) is 4.05. The van der Waals surface area contributed by atoms with E-state index in [0.29, 0.717) is 13.1 Å². The van der Waals surface area contributed by atoms with Gasteiger partial charge in [-0.05, 0) is 31.5 Å². The molecule has 0 bridgehead atoms. The number of hydrogen-bond donors (Lipinski definition) is 1. The highest BCUT2D eigenvalue weighted by atomic mass is 32.1. The Balaban J connectivity index is 1.40. The van der Waals surface area contributed by atoms with Gasteiger partial charge in [0.1, 0.15) is 0 Å². The predicted octanol–water partition coefficient (Wildman–Crippen LogP) is 5.21. The Morgan fingerprint density at radius 1 is 1.17 bits per heavy atom. The summed E-state index contributed by atoms with van der Waals surface area (Å²) in [5.41, 5.74) is 1.76. The quantitative estimate of drug-likeness (QED) is 0.512. The van der Waals surface area contributed by atoms with Crippen molar-refractivity contribution in [3.05, 3.63) is 23.2 Å². The van der Waals surface area contributed by atoms with Crippen molar-refractivity contribution in [3.63, 3.8) is 0 Å². The summed E-state index contributed by atoms with van der Waals surface area (Å²) in [6, 6.07) is 5.93. The van der Waals surface area contributed by atoms with Crippen LogP contribution in [0.4, 0.5) is 5.69 Å². The lowest BCUT2D eigenvalue weighted by molar-refractivity contribution is -0.126. The number of amides is 2. The molecule has 0 saturated carbocycles. The zero-order valence-electron chi connectivity index (χ0n) is 17.7. The Kier molecular flexibility index (Phi) is 8.04. The molecule has 2 heterocycles. The molecule has 1 saturated heterocycles. The summed E-state index contributed by atoms with van der Waals surface area (Å²) in [6.45, 7) is 5.39. The number of rotatable bonds is 11. The van der Waals surface area contributed by atoms with Crippen molar-refractivity contribution in [1.82, 2.24) is 10.3 Å². The van der Waals surface area contributed by atoms with Crippen LogP contribution >= 0.6 is 11.3 Å². The molecule has 2 amide bonds. The van der Waals surface area contributed by atoms with Gasteiger partial charge in [0.2, 0.25) is 11.8 Å². The SMILES string of the molecule is CCCCCCCCCCNC(=O)C1CC(=O)N(c2ccc3sc(C)nc3c2)C1. The van der Waals surface area contributed by atoms with E-state index in [4.69, 9.17) is 0 Å². The smallest absolute Gasteiger partial charge is 0.227 e. The molecule has 158 valence electrons. The lowest BCUT2D eigenvalue weighted by Crippen LogP contribution is -2.33. The number of hydrogen-bond acceptors (Lipinski definition) is 4. The van der Waals surface area contributed by atoms with Crippen LogP contribution in [0, 0.1) is 12.8 Å². The van der Waals surface area contributed by atoms with E-state index >= 15 is 0 Å². The molecule has 1 unspecified atom stereocenters. The van der Waals surface area contributed by atoms with E-state index in [9.17, 15) is 9.59 Å². The highest BCUT2D eigenvalue weighted by molar-refractivity contribution is 7.18. The maximum absolute atomic E-state index is 12.5. The fourth-order valence-electron chi connectivity index (χ4n) is 3.95. The lowest BCUT2D eigenvalue weighted by atomic mass is 10.1. The minimum Gasteiger partial charge on any atom is -0.356 e. The molecule has 0 spiro atoms. The van der Waals surface area contributed by atoms with Gasteiger partial charge in [0.15, 0.2) is 0 Å². The van der Waals surface area contributed by atoms with Gasteiger partial charge in [-0.15, -0.1) is 11.3 Å². The van der Waals surface area contributed by atoms with Crippen molar-refractivity contribution < 1.29 is 9.59 Å². The van der Waals surface area contributed by atoms with Crippen molar-refractivity contribution in [2.24, 2.45) is 5.92 Å². The van der Waals surface area contributed by atoms with Crippen LogP contribution in [0.1, 0.15) is 69.7 Å². The number of aryl methyl sites for hydroxylation is 1. The molecule has 6 heteroatoms. The van der Waals surface area contributed by atoms with Crippen LogP contribution in [-0.2, 0) is 9.59 Å². The van der Waals surface area contributed by atoms with Crippen LogP contribution in [0.25, 0.3) is 10.2 Å². The Morgan fingerprint density at radius 2 is 1.90 bits per heavy atom. The third kappa shape index (κ3) is 6.01. The van der Waals surface area contributed by atoms with E-state index in [1.165, 1.54) is 38.5 Å². The highest BCUT2D eigenvalue weighted by Gasteiger charge is 2.35. The van der Waals surface area contributed by atoms with Crippen molar-refractivity contribution >= 4 is 39.1 Å². The Morgan fingerprint density at radius 3 is 2.66 bits per heavy atom. The first-order chi connectivity index (χ1) is 14.1. The lowest BCUT2D eigenvalue weighted by Gasteiger charge is -2.16. The van der Waals surface area contributed by atoms with Gasteiger partial charge in [-0.3, -0.25) is 9.59 Å². The third-order valence-electron chi connectivity index (χ3n) is 5.62. The van der Waals surface area contributed by atoms with E-state index in [2.05, 4.69) is 17.2 Å². The molecule has 0 aliphatic carbocycles. The summed E-state index contributed by atoms with van der Waals surface area (Å²) in [4.78, 5) is 31.2. The van der Waals surface area contributed by atoms with E-state index in [0.717, 1.165) is 33.8 Å². The van der Waals surface area contributed by atoms with Crippen LogP contribution in [0.3, 0.4) is 0 Å². The monoisotopic (exact) mass is 415 g/mol. The van der Waals surface area contributed by atoms with Crippen molar-refractivity contribution in [2.75, 3.05) is 18.0 Å². The van der Waals surface area contributed by atoms with Gasteiger partial charge in [0.05, 0.1) is 21.1 Å². The molecule has 1 aromatic carbocycles. The van der Waals surface area contributed by atoms with Crippen LogP contribution in [0.15, 0.2) is 18.2 Å². The summed E-state index contributed by atoms with van der Waals surface area (Å²) in [5.74, 6) is -0.234. The Bertz CT molecular complexity index is 833. The topological polar surface area (TPSA) is 62.3 Å². The number of benzene rings is 1. The number of fused-ring (bicyclic) bond motifs is 1. The van der Waals surface area contributed by atoms with Gasteiger partial charge in [-0.25, -0.2) is 4.98 Å². The first-order valence-corrected chi connectivity index (χ1v) is 11.9. The number of unbranched alkanes of at least 4 members (excludes halogenated alkanes) is 7. The van der Waals surface area contributed by atoms with E-state index in [1.54, 1.807) is 16.2 Å². The molecule has 1 aromatic heterocycles. The molecular formula is C23H33N3O2S. The second-order valence-electron chi connectivity index (χ2n) is 8.06. The Hall–Kier alpha value is -1.95. The average molecular weight is 416 g/mol. The molecule has 0 radical (unpaired) electrons. The average Bonchev–Trinajstić information content (AvgIpc) is 3.27. The molecule has 3 rings (SSSR count). The number of thiazole rings is 1. The second-order valence-corrected chi connectivity index (χ2v) is 9.29. The van der Waals surface area contributed by atoms with Gasteiger partial charge in [-0.2, -0.15) is 0 Å². The summed E-state index contributed by atoms with van der Waals surface area (Å²) in [7, 11) is 0. The van der Waals surface area contributed by atoms with Crippen molar-refractivity contribution in [3.8, 4) is 0 Å². The summed E-state index contributed by atoms with van der Waals surface area (Å²) < 4.78 is 1.12. The van der Waals surface area contributed by atoms with Gasteiger partial charge in [0.25, 0.3) is 0 Å². The number of nitrogens with one attached hydrogen (secondary N) is 1. The Labute approximate surface area is 177 Å². The van der Waals surface area contributed by atoms with Gasteiger partial charge >= 0.3 is 0 Å². The third-order valence-corrected chi connectivity index (χ3v) is 6.57. The van der Waals surface area contributed by atoms with Crippen molar-refractivity contribution in [1.29, 1.82) is 0 Å². The fourth-order valence-corrected chi connectivity index (χ4v) is 4.75. The molecule has 2 aromatic rings. The molecular weight excluding hydrogens is 382 g/mol. The van der Waals surface area contributed by atoms with Crippen LogP contribution in [0.5, 0.6) is 0 Å². The highest BCUT2D eigenvalue weighted by Crippen LogP contribution is 2.30. The molecule has 1 N–H and O–H groups in total. The molecule has 29 heavy (non-hydrogen) atoms. The first-order valence-electron chi connectivity index (χ1n) is 11.0. The molecule has 1 atom stereocenters. The number of anilines is 1. The van der Waals surface area contributed by atoms with Crippen molar-refractivity contribution in [2.45, 2.75) is 71.6 Å². The summed E-state index contributed by atoms with van der Waals surface area (Å²) >= 11 is 1.65. The molecule has 1 aliphatic heterocycles. The second kappa shape index (κ2) is 10.7. The van der Waals surface area contributed by atoms with Gasteiger partial charge in [-0.1, -0.05) is 51.9 Å². The minimum atomic E-state index is -0.260. The van der Waals surface area contributed by atoms with Crippen LogP contribution in [-0.4, -0.2) is 29.9 Å². The number of nitrogens with zero attached hydrogens (tertiary/aromatic N) is 2. The van der Waals surface area contributed by atoms with Crippen LogP contribution < -0.4 is 10.2 Å². The molecule has 1 aliphatic rings. The zero-order valence-corrected chi connectivity index (χ0v) is 18.5. The van der Waals surface area contributed by atoms with Crippen LogP contribution in [0.2, 0.25) is 0 Å². The van der Waals surface area contributed by atoms with E-state index in [1.807, 2.05) is 25.1 Å². The largest absolute Gasteiger partial charge is 0.356 e. The standard InChI is InChI=1S/C23H33N3O2S/c1-3-4-5-6-7-8-9-10-13-24-23(28)18-14-22(27)26(16-18)19-11-12-21-20(15-19)25-17(2)29-21/h11-12,15,18H,3-10,13-14,16H2,1-2H3,(H,24,28). The molecule has 1 fully saturated rings. The fraction of sp³-hybridized carbons (Fsp3) is 0.609. The van der Waals surface area contributed by atoms with E-state index in [-0.39, 0.29) is 24.2 Å². The van der Waals surface area contributed by atoms with Gasteiger partial charge < -0.3 is 10.2 Å². The van der Waals surface area contributed by atoms with E-state index < -0.39 is 0 Å². The predicted molar refractivity (Wildman–Crippen MR) is 120 cm³/mol. The zero-order chi connectivity index (χ0) is 20.6. The maximum atomic E-state index is 12.5.